The molecular formula is C23H28FN5O. The van der Waals surface area contributed by atoms with Gasteiger partial charge in [-0.15, -0.1) is 0 Å². The number of likely N-dealkylation sites (tertiary alicyclic amines) is 1. The van der Waals surface area contributed by atoms with E-state index in [0.29, 0.717) is 24.9 Å². The summed E-state index contributed by atoms with van der Waals surface area (Å²) in [6.07, 6.45) is 3.59. The molecule has 0 spiro atoms. The smallest absolute Gasteiger partial charge is 0.317 e. The minimum absolute atomic E-state index is 0.0980. The van der Waals surface area contributed by atoms with Crippen molar-refractivity contribution in [3.63, 3.8) is 0 Å². The number of urea groups is 1. The number of hydrogen-bond donors (Lipinski definition) is 1. The molecule has 0 aliphatic carbocycles. The third-order valence-electron chi connectivity index (χ3n) is 5.51. The average Bonchev–Trinajstić information content (AvgIpc) is 3.31. The first-order chi connectivity index (χ1) is 14.5. The Kier molecular flexibility index (Phi) is 5.97. The molecule has 1 fully saturated rings. The van der Waals surface area contributed by atoms with E-state index >= 15 is 0 Å². The topological polar surface area (TPSA) is 63.1 Å². The molecule has 1 saturated heterocycles. The van der Waals surface area contributed by atoms with Crippen LogP contribution >= 0.6 is 0 Å². The maximum absolute atomic E-state index is 13.3. The highest BCUT2D eigenvalue weighted by Crippen LogP contribution is 2.24. The SMILES string of the molecule is CC(C)Cn1c(C[C@H]2CCN(C(=O)NCc3cccc(F)c3)C2)nc2cccnc21. The Morgan fingerprint density at radius 1 is 1.30 bits per heavy atom. The summed E-state index contributed by atoms with van der Waals surface area (Å²) in [6.45, 7) is 7.02. The van der Waals surface area contributed by atoms with Crippen molar-refractivity contribution in [3.8, 4) is 0 Å². The molecule has 1 N–H and O–H groups in total. The van der Waals surface area contributed by atoms with Crippen molar-refractivity contribution in [2.75, 3.05) is 13.1 Å². The summed E-state index contributed by atoms with van der Waals surface area (Å²) in [5, 5.41) is 2.90. The van der Waals surface area contributed by atoms with Crippen LogP contribution in [-0.2, 0) is 19.5 Å². The standard InChI is InChI=1S/C23H28FN5O/c1-16(2)14-29-21(27-20-7-4-9-25-22(20)29)12-18-8-10-28(15-18)23(30)26-13-17-5-3-6-19(24)11-17/h3-7,9,11,16,18H,8,10,12-15H2,1-2H3,(H,26,30)/t18-/m1/s1. The number of carbonyl (C=O) groups excluding carboxylic acids is 1. The molecule has 0 unspecified atom stereocenters. The minimum Gasteiger partial charge on any atom is -0.334 e. The van der Waals surface area contributed by atoms with E-state index < -0.39 is 0 Å². The Morgan fingerprint density at radius 3 is 2.97 bits per heavy atom. The lowest BCUT2D eigenvalue weighted by Gasteiger charge is -2.18. The molecule has 0 saturated carbocycles. The molecule has 3 heterocycles. The van der Waals surface area contributed by atoms with Crippen LogP contribution < -0.4 is 5.32 Å². The van der Waals surface area contributed by atoms with Gasteiger partial charge in [0.2, 0.25) is 0 Å². The van der Waals surface area contributed by atoms with Gasteiger partial charge < -0.3 is 14.8 Å². The maximum Gasteiger partial charge on any atom is 0.317 e. The molecule has 30 heavy (non-hydrogen) atoms. The molecule has 0 bridgehead atoms. The highest BCUT2D eigenvalue weighted by Gasteiger charge is 2.28. The van der Waals surface area contributed by atoms with Crippen LogP contribution in [-0.4, -0.2) is 38.6 Å². The lowest BCUT2D eigenvalue weighted by atomic mass is 10.0. The fourth-order valence-corrected chi connectivity index (χ4v) is 4.10. The van der Waals surface area contributed by atoms with Crippen molar-refractivity contribution >= 4 is 17.2 Å². The Morgan fingerprint density at radius 2 is 2.17 bits per heavy atom. The number of fused-ring (bicyclic) bond motifs is 1. The number of amides is 2. The predicted octanol–water partition coefficient (Wildman–Crippen LogP) is 4.00. The third-order valence-corrected chi connectivity index (χ3v) is 5.51. The van der Waals surface area contributed by atoms with Gasteiger partial charge in [-0.25, -0.2) is 19.2 Å². The van der Waals surface area contributed by atoms with Crippen molar-refractivity contribution in [3.05, 3.63) is 59.8 Å². The van der Waals surface area contributed by atoms with Crippen LogP contribution in [0.2, 0.25) is 0 Å². The lowest BCUT2D eigenvalue weighted by molar-refractivity contribution is 0.206. The molecule has 1 aromatic carbocycles. The summed E-state index contributed by atoms with van der Waals surface area (Å²) in [4.78, 5) is 23.8. The maximum atomic E-state index is 13.3. The van der Waals surface area contributed by atoms with Crippen LogP contribution in [0.25, 0.3) is 11.2 Å². The zero-order valence-corrected chi connectivity index (χ0v) is 17.5. The van der Waals surface area contributed by atoms with Crippen molar-refractivity contribution in [1.29, 1.82) is 0 Å². The summed E-state index contributed by atoms with van der Waals surface area (Å²) in [6, 6.07) is 10.1. The number of nitrogens with zero attached hydrogens (tertiary/aromatic N) is 4. The molecular weight excluding hydrogens is 381 g/mol. The van der Waals surface area contributed by atoms with E-state index in [0.717, 1.165) is 48.5 Å². The zero-order valence-electron chi connectivity index (χ0n) is 17.5. The molecule has 1 aliphatic heterocycles. The number of pyridine rings is 1. The van der Waals surface area contributed by atoms with Crippen LogP contribution in [0.3, 0.4) is 0 Å². The predicted molar refractivity (Wildman–Crippen MR) is 114 cm³/mol. The van der Waals surface area contributed by atoms with E-state index in [2.05, 4.69) is 28.7 Å². The van der Waals surface area contributed by atoms with Crippen LogP contribution in [0.5, 0.6) is 0 Å². The largest absolute Gasteiger partial charge is 0.334 e. The first-order valence-corrected chi connectivity index (χ1v) is 10.6. The zero-order chi connectivity index (χ0) is 21.1. The van der Waals surface area contributed by atoms with Crippen molar-refractivity contribution in [2.24, 2.45) is 11.8 Å². The molecule has 4 rings (SSSR count). The van der Waals surface area contributed by atoms with Gasteiger partial charge >= 0.3 is 6.03 Å². The minimum atomic E-state index is -0.290. The molecule has 1 atom stereocenters. The van der Waals surface area contributed by atoms with E-state index in [1.54, 1.807) is 6.07 Å². The highest BCUT2D eigenvalue weighted by atomic mass is 19.1. The summed E-state index contributed by atoms with van der Waals surface area (Å²) < 4.78 is 15.5. The van der Waals surface area contributed by atoms with Gasteiger partial charge in [-0.2, -0.15) is 0 Å². The Bertz CT molecular complexity index is 1030. The second-order valence-corrected chi connectivity index (χ2v) is 8.47. The quantitative estimate of drug-likeness (QED) is 0.669. The van der Waals surface area contributed by atoms with E-state index in [4.69, 9.17) is 4.98 Å². The van der Waals surface area contributed by atoms with E-state index in [1.165, 1.54) is 12.1 Å². The second-order valence-electron chi connectivity index (χ2n) is 8.47. The number of imidazole rings is 1. The number of aromatic nitrogens is 3. The van der Waals surface area contributed by atoms with Gasteiger partial charge in [-0.05, 0) is 48.1 Å². The van der Waals surface area contributed by atoms with Gasteiger partial charge in [0.15, 0.2) is 5.65 Å². The Hall–Kier alpha value is -2.96. The van der Waals surface area contributed by atoms with Gasteiger partial charge in [0.05, 0.1) is 0 Å². The van der Waals surface area contributed by atoms with Gasteiger partial charge in [-0.1, -0.05) is 26.0 Å². The van der Waals surface area contributed by atoms with Crippen molar-refractivity contribution < 1.29 is 9.18 Å². The van der Waals surface area contributed by atoms with E-state index in [9.17, 15) is 9.18 Å². The monoisotopic (exact) mass is 409 g/mol. The first-order valence-electron chi connectivity index (χ1n) is 10.6. The molecule has 2 aromatic heterocycles. The van der Waals surface area contributed by atoms with Crippen LogP contribution in [0.1, 0.15) is 31.7 Å². The number of rotatable bonds is 6. The average molecular weight is 410 g/mol. The summed E-state index contributed by atoms with van der Waals surface area (Å²) in [5.74, 6) is 1.62. The summed E-state index contributed by atoms with van der Waals surface area (Å²) >= 11 is 0. The molecule has 1 aliphatic rings. The lowest BCUT2D eigenvalue weighted by Crippen LogP contribution is -2.38. The molecule has 158 valence electrons. The Labute approximate surface area is 176 Å². The first kappa shape index (κ1) is 20.3. The van der Waals surface area contributed by atoms with E-state index in [1.807, 2.05) is 29.3 Å². The van der Waals surface area contributed by atoms with Crippen molar-refractivity contribution in [2.45, 2.75) is 39.8 Å². The van der Waals surface area contributed by atoms with Crippen molar-refractivity contribution in [1.82, 2.24) is 24.8 Å². The molecule has 7 heteroatoms. The Balaban J connectivity index is 1.38. The molecule has 3 aromatic rings. The number of halogens is 1. The molecule has 0 radical (unpaired) electrons. The molecule has 6 nitrogen and oxygen atoms in total. The molecule has 2 amide bonds. The van der Waals surface area contributed by atoms with Crippen LogP contribution in [0, 0.1) is 17.7 Å². The number of benzene rings is 1. The second kappa shape index (κ2) is 8.81. The summed E-state index contributed by atoms with van der Waals surface area (Å²) in [7, 11) is 0. The number of nitrogens with one attached hydrogen (secondary N) is 1. The fourth-order valence-electron chi connectivity index (χ4n) is 4.10. The number of carbonyl (C=O) groups is 1. The van der Waals surface area contributed by atoms with Crippen LogP contribution in [0.15, 0.2) is 42.6 Å². The highest BCUT2D eigenvalue weighted by molar-refractivity contribution is 5.74. The van der Waals surface area contributed by atoms with Gasteiger partial charge in [0.25, 0.3) is 0 Å². The third kappa shape index (κ3) is 4.61. The normalized spacial score (nSPS) is 16.5. The van der Waals surface area contributed by atoms with Gasteiger partial charge in [0.1, 0.15) is 17.2 Å². The summed E-state index contributed by atoms with van der Waals surface area (Å²) in [5.41, 5.74) is 2.62. The fraction of sp³-hybridized carbons (Fsp3) is 0.435. The number of hydrogen-bond acceptors (Lipinski definition) is 3. The van der Waals surface area contributed by atoms with Crippen LogP contribution in [0.4, 0.5) is 9.18 Å². The van der Waals surface area contributed by atoms with Gasteiger partial charge in [-0.3, -0.25) is 0 Å². The van der Waals surface area contributed by atoms with Gasteiger partial charge in [0, 0.05) is 38.8 Å². The van der Waals surface area contributed by atoms with E-state index in [-0.39, 0.29) is 11.8 Å².